The van der Waals surface area contributed by atoms with Gasteiger partial charge in [-0.05, 0) is 12.3 Å². The summed E-state index contributed by atoms with van der Waals surface area (Å²) in [5.74, 6) is 2.30. The summed E-state index contributed by atoms with van der Waals surface area (Å²) in [7, 11) is 0. The molecule has 0 aromatic carbocycles. The minimum absolute atomic E-state index is 0.616. The van der Waals surface area contributed by atoms with Crippen molar-refractivity contribution in [1.29, 1.82) is 0 Å². The third-order valence-corrected chi connectivity index (χ3v) is 1.93. The van der Waals surface area contributed by atoms with Crippen molar-refractivity contribution in [1.82, 2.24) is 0 Å². The van der Waals surface area contributed by atoms with Crippen LogP contribution in [0.4, 0.5) is 0 Å². The van der Waals surface area contributed by atoms with Gasteiger partial charge in [0, 0.05) is 5.92 Å². The van der Waals surface area contributed by atoms with Gasteiger partial charge in [-0.3, -0.25) is 0 Å². The molecule has 1 atom stereocenters. The minimum atomic E-state index is 0.616. The van der Waals surface area contributed by atoms with Gasteiger partial charge in [0.05, 0.1) is 12.4 Å². The number of rotatable bonds is 1. The molecule has 1 heterocycles. The van der Waals surface area contributed by atoms with Crippen LogP contribution in [0.2, 0.25) is 0 Å². The Hall–Kier alpha value is -0.460. The number of hydrogen-bond donors (Lipinski definition) is 0. The van der Waals surface area contributed by atoms with E-state index in [9.17, 15) is 0 Å². The van der Waals surface area contributed by atoms with Crippen molar-refractivity contribution < 1.29 is 4.74 Å². The fraction of sp³-hybridized carbons (Fsp3) is 0.750. The lowest BCUT2D eigenvalue weighted by molar-refractivity contribution is 0.256. The van der Waals surface area contributed by atoms with Gasteiger partial charge in [0.15, 0.2) is 0 Å². The van der Waals surface area contributed by atoms with Gasteiger partial charge in [0.2, 0.25) is 0 Å². The molecule has 0 spiro atoms. The second-order valence-corrected chi connectivity index (χ2v) is 2.95. The standard InChI is InChI=1S/C8H14O/c1-6(2)8-4-5-9-7(8)3/h6,8H,3-5H2,1-2H3. The highest BCUT2D eigenvalue weighted by atomic mass is 16.5. The summed E-state index contributed by atoms with van der Waals surface area (Å²) in [6, 6.07) is 0. The van der Waals surface area contributed by atoms with Crippen molar-refractivity contribution in [2.45, 2.75) is 20.3 Å². The van der Waals surface area contributed by atoms with E-state index in [4.69, 9.17) is 4.74 Å². The Morgan fingerprint density at radius 2 is 2.33 bits per heavy atom. The summed E-state index contributed by atoms with van der Waals surface area (Å²) < 4.78 is 5.23. The maximum Gasteiger partial charge on any atom is 0.0922 e. The van der Waals surface area contributed by atoms with Crippen LogP contribution >= 0.6 is 0 Å². The molecule has 0 aliphatic carbocycles. The Morgan fingerprint density at radius 1 is 1.67 bits per heavy atom. The second-order valence-electron chi connectivity index (χ2n) is 2.95. The topological polar surface area (TPSA) is 9.23 Å². The van der Waals surface area contributed by atoms with E-state index in [1.54, 1.807) is 0 Å². The van der Waals surface area contributed by atoms with Crippen LogP contribution in [0.1, 0.15) is 20.3 Å². The first-order chi connectivity index (χ1) is 4.22. The van der Waals surface area contributed by atoms with Crippen molar-refractivity contribution in [2.24, 2.45) is 11.8 Å². The maximum atomic E-state index is 5.23. The lowest BCUT2D eigenvalue weighted by atomic mass is 9.93. The average Bonchev–Trinajstić information content (AvgIpc) is 2.13. The molecule has 1 aliphatic heterocycles. The zero-order chi connectivity index (χ0) is 6.85. The molecule has 0 N–H and O–H groups in total. The summed E-state index contributed by atoms with van der Waals surface area (Å²) in [6.45, 7) is 9.14. The van der Waals surface area contributed by atoms with Gasteiger partial charge in [0.25, 0.3) is 0 Å². The van der Waals surface area contributed by atoms with Crippen molar-refractivity contribution in [2.75, 3.05) is 6.61 Å². The fourth-order valence-electron chi connectivity index (χ4n) is 1.29. The number of ether oxygens (including phenoxy) is 1. The Balaban J connectivity index is 2.49. The van der Waals surface area contributed by atoms with E-state index in [0.29, 0.717) is 11.8 Å². The van der Waals surface area contributed by atoms with Gasteiger partial charge in [0.1, 0.15) is 0 Å². The zero-order valence-electron chi connectivity index (χ0n) is 6.18. The summed E-state index contributed by atoms with van der Waals surface area (Å²) in [4.78, 5) is 0. The summed E-state index contributed by atoms with van der Waals surface area (Å²) in [5.41, 5.74) is 0. The largest absolute Gasteiger partial charge is 0.498 e. The minimum Gasteiger partial charge on any atom is -0.498 e. The predicted molar refractivity (Wildman–Crippen MR) is 38.0 cm³/mol. The van der Waals surface area contributed by atoms with Gasteiger partial charge in [-0.15, -0.1) is 0 Å². The Bertz CT molecular complexity index is 116. The third kappa shape index (κ3) is 1.26. The monoisotopic (exact) mass is 126 g/mol. The van der Waals surface area contributed by atoms with Crippen LogP contribution in [0.25, 0.3) is 0 Å². The van der Waals surface area contributed by atoms with Crippen LogP contribution in [0, 0.1) is 11.8 Å². The lowest BCUT2D eigenvalue weighted by Crippen LogP contribution is -2.04. The number of allylic oxidation sites excluding steroid dienone is 1. The predicted octanol–water partition coefficient (Wildman–Crippen LogP) is 2.19. The molecule has 52 valence electrons. The van der Waals surface area contributed by atoms with Gasteiger partial charge < -0.3 is 4.74 Å². The first-order valence-electron chi connectivity index (χ1n) is 3.53. The molecule has 0 saturated carbocycles. The number of hydrogen-bond acceptors (Lipinski definition) is 1. The summed E-state index contributed by atoms with van der Waals surface area (Å²) in [5, 5.41) is 0. The fourth-order valence-corrected chi connectivity index (χ4v) is 1.29. The Morgan fingerprint density at radius 3 is 2.56 bits per heavy atom. The van der Waals surface area contributed by atoms with E-state index in [0.717, 1.165) is 18.8 Å². The second kappa shape index (κ2) is 2.42. The van der Waals surface area contributed by atoms with E-state index in [1.165, 1.54) is 0 Å². The molecule has 0 aromatic rings. The van der Waals surface area contributed by atoms with E-state index >= 15 is 0 Å². The van der Waals surface area contributed by atoms with Crippen molar-refractivity contribution in [3.8, 4) is 0 Å². The van der Waals surface area contributed by atoms with E-state index in [1.807, 2.05) is 0 Å². The SMILES string of the molecule is C=C1OCCC1C(C)C. The molecular formula is C8H14O. The highest BCUT2D eigenvalue weighted by Crippen LogP contribution is 2.29. The van der Waals surface area contributed by atoms with Gasteiger partial charge in [-0.2, -0.15) is 0 Å². The normalized spacial score (nSPS) is 27.0. The molecule has 1 aliphatic rings. The van der Waals surface area contributed by atoms with Crippen LogP contribution in [-0.2, 0) is 4.74 Å². The van der Waals surface area contributed by atoms with Crippen molar-refractivity contribution in [3.63, 3.8) is 0 Å². The van der Waals surface area contributed by atoms with Crippen LogP contribution < -0.4 is 0 Å². The summed E-state index contributed by atoms with van der Waals surface area (Å²) >= 11 is 0. The van der Waals surface area contributed by atoms with Crippen LogP contribution in [0.5, 0.6) is 0 Å². The van der Waals surface area contributed by atoms with E-state index < -0.39 is 0 Å². The molecular weight excluding hydrogens is 112 g/mol. The summed E-state index contributed by atoms with van der Waals surface area (Å²) in [6.07, 6.45) is 1.16. The highest BCUT2D eigenvalue weighted by Gasteiger charge is 2.23. The molecule has 0 aromatic heterocycles. The Labute approximate surface area is 56.7 Å². The average molecular weight is 126 g/mol. The molecule has 1 saturated heterocycles. The molecule has 1 rings (SSSR count). The quantitative estimate of drug-likeness (QED) is 0.523. The first-order valence-corrected chi connectivity index (χ1v) is 3.53. The molecule has 1 heteroatoms. The Kier molecular flexibility index (Phi) is 1.79. The van der Waals surface area contributed by atoms with E-state index in [-0.39, 0.29) is 0 Å². The smallest absolute Gasteiger partial charge is 0.0922 e. The molecule has 0 amide bonds. The van der Waals surface area contributed by atoms with E-state index in [2.05, 4.69) is 20.4 Å². The van der Waals surface area contributed by atoms with Gasteiger partial charge in [-0.25, -0.2) is 0 Å². The molecule has 1 unspecified atom stereocenters. The zero-order valence-corrected chi connectivity index (χ0v) is 6.18. The van der Waals surface area contributed by atoms with Crippen molar-refractivity contribution >= 4 is 0 Å². The van der Waals surface area contributed by atoms with Gasteiger partial charge in [-0.1, -0.05) is 20.4 Å². The lowest BCUT2D eigenvalue weighted by Gasteiger charge is -2.11. The third-order valence-electron chi connectivity index (χ3n) is 1.93. The van der Waals surface area contributed by atoms with Gasteiger partial charge >= 0.3 is 0 Å². The van der Waals surface area contributed by atoms with Crippen LogP contribution in [-0.4, -0.2) is 6.61 Å². The molecule has 1 nitrogen and oxygen atoms in total. The highest BCUT2D eigenvalue weighted by molar-refractivity contribution is 4.96. The van der Waals surface area contributed by atoms with Crippen LogP contribution in [0.3, 0.4) is 0 Å². The molecule has 0 radical (unpaired) electrons. The van der Waals surface area contributed by atoms with Crippen molar-refractivity contribution in [3.05, 3.63) is 12.3 Å². The first kappa shape index (κ1) is 6.66. The molecule has 9 heavy (non-hydrogen) atoms. The van der Waals surface area contributed by atoms with Crippen LogP contribution in [0.15, 0.2) is 12.3 Å². The maximum absolute atomic E-state index is 5.23. The molecule has 0 bridgehead atoms. The molecule has 1 fully saturated rings.